The van der Waals surface area contributed by atoms with Crippen LogP contribution in [0.1, 0.15) is 35.1 Å². The quantitative estimate of drug-likeness (QED) is 0.291. The minimum Gasteiger partial charge on any atom is -0.494 e. The van der Waals surface area contributed by atoms with Crippen LogP contribution in [0, 0.1) is 5.82 Å². The van der Waals surface area contributed by atoms with Crippen LogP contribution >= 0.6 is 0 Å². The molecule has 0 amide bonds. The van der Waals surface area contributed by atoms with E-state index in [-0.39, 0.29) is 11.1 Å². The summed E-state index contributed by atoms with van der Waals surface area (Å²) >= 11 is 0. The fourth-order valence-electron chi connectivity index (χ4n) is 3.19. The molecular weight excluding hydrogens is 392 g/mol. The molecule has 1 nitrogen and oxygen atoms in total. The Labute approximate surface area is 173 Å². The van der Waals surface area contributed by atoms with Crippen molar-refractivity contribution in [3.05, 3.63) is 101 Å². The Bertz CT molecular complexity index is 976. The van der Waals surface area contributed by atoms with Crippen molar-refractivity contribution < 1.29 is 22.3 Å². The lowest BCUT2D eigenvalue weighted by atomic mass is 9.91. The van der Waals surface area contributed by atoms with Crippen LogP contribution in [-0.2, 0) is 6.42 Å². The minimum atomic E-state index is -4.46. The maximum Gasteiger partial charge on any atom is 0.396 e. The van der Waals surface area contributed by atoms with Gasteiger partial charge in [-0.1, -0.05) is 66.7 Å². The van der Waals surface area contributed by atoms with Gasteiger partial charge in [-0.05, 0) is 53.8 Å². The monoisotopic (exact) mass is 414 g/mol. The fraction of sp³-hybridized carbons (Fsp3) is 0.200. The van der Waals surface area contributed by atoms with E-state index in [1.807, 2.05) is 37.3 Å². The van der Waals surface area contributed by atoms with Crippen LogP contribution in [0.15, 0.2) is 72.8 Å². The van der Waals surface area contributed by atoms with Crippen LogP contribution in [0.3, 0.4) is 0 Å². The Morgan fingerprint density at radius 3 is 2.10 bits per heavy atom. The lowest BCUT2D eigenvalue weighted by Gasteiger charge is -2.21. The molecule has 0 aliphatic carbocycles. The van der Waals surface area contributed by atoms with E-state index in [9.17, 15) is 17.6 Å². The number of halogens is 4. The molecule has 0 unspecified atom stereocenters. The molecule has 156 valence electrons. The Balaban J connectivity index is 1.75. The Morgan fingerprint density at radius 1 is 0.867 bits per heavy atom. The van der Waals surface area contributed by atoms with Crippen LogP contribution in [0.5, 0.6) is 5.75 Å². The summed E-state index contributed by atoms with van der Waals surface area (Å²) < 4.78 is 60.6. The predicted octanol–water partition coefficient (Wildman–Crippen LogP) is 7.28. The van der Waals surface area contributed by atoms with E-state index >= 15 is 0 Å². The highest BCUT2D eigenvalue weighted by Crippen LogP contribution is 2.37. The molecule has 3 aromatic rings. The summed E-state index contributed by atoms with van der Waals surface area (Å²) in [5, 5.41) is 0. The lowest BCUT2D eigenvalue weighted by Crippen LogP contribution is -2.23. The molecule has 1 atom stereocenters. The third-order valence-corrected chi connectivity index (χ3v) is 4.76. The number of ether oxygens (including phenoxy) is 1. The average molecular weight is 414 g/mol. The van der Waals surface area contributed by atoms with E-state index in [0.29, 0.717) is 12.2 Å². The topological polar surface area (TPSA) is 9.23 Å². The van der Waals surface area contributed by atoms with Gasteiger partial charge in [0.2, 0.25) is 0 Å². The van der Waals surface area contributed by atoms with E-state index < -0.39 is 24.3 Å². The molecule has 0 radical (unpaired) electrons. The standard InChI is InChI=1S/C25H22F4O/c1-2-30-22-14-11-18(12-15-22)8-9-19-10-13-21(24(26)16-19)17-23(25(27,28)29)20-6-4-3-5-7-20/h3-16,23H,2,17H2,1H3/b9-8+/t23-/m1/s1. The van der Waals surface area contributed by atoms with E-state index in [1.54, 1.807) is 30.3 Å². The van der Waals surface area contributed by atoms with Gasteiger partial charge in [0.05, 0.1) is 12.5 Å². The highest BCUT2D eigenvalue weighted by molar-refractivity contribution is 5.70. The van der Waals surface area contributed by atoms with Crippen LogP contribution in [-0.4, -0.2) is 12.8 Å². The maximum absolute atomic E-state index is 14.6. The van der Waals surface area contributed by atoms with Crippen molar-refractivity contribution >= 4 is 12.2 Å². The number of alkyl halides is 3. The molecule has 3 aromatic carbocycles. The zero-order valence-electron chi connectivity index (χ0n) is 16.5. The summed E-state index contributed by atoms with van der Waals surface area (Å²) in [4.78, 5) is 0. The van der Waals surface area contributed by atoms with Crippen LogP contribution in [0.2, 0.25) is 0 Å². The molecule has 30 heavy (non-hydrogen) atoms. The highest BCUT2D eigenvalue weighted by Gasteiger charge is 2.40. The molecule has 0 N–H and O–H groups in total. The Morgan fingerprint density at radius 2 is 1.50 bits per heavy atom. The van der Waals surface area contributed by atoms with E-state index in [2.05, 4.69) is 0 Å². The number of benzene rings is 3. The van der Waals surface area contributed by atoms with Crippen molar-refractivity contribution in [1.82, 2.24) is 0 Å². The largest absolute Gasteiger partial charge is 0.494 e. The Kier molecular flexibility index (Phi) is 6.93. The molecule has 0 spiro atoms. The van der Waals surface area contributed by atoms with Crippen molar-refractivity contribution in [3.8, 4) is 5.75 Å². The van der Waals surface area contributed by atoms with E-state index in [1.165, 1.54) is 24.3 Å². The summed E-state index contributed by atoms with van der Waals surface area (Å²) in [7, 11) is 0. The van der Waals surface area contributed by atoms with Gasteiger partial charge in [0.15, 0.2) is 0 Å². The third kappa shape index (κ3) is 5.72. The average Bonchev–Trinajstić information content (AvgIpc) is 2.72. The van der Waals surface area contributed by atoms with Crippen molar-refractivity contribution in [3.63, 3.8) is 0 Å². The summed E-state index contributed by atoms with van der Waals surface area (Å²) in [6.07, 6.45) is -1.37. The van der Waals surface area contributed by atoms with Crippen LogP contribution < -0.4 is 4.74 Å². The second-order valence-corrected chi connectivity index (χ2v) is 6.90. The molecule has 5 heteroatoms. The molecule has 3 rings (SSSR count). The minimum absolute atomic E-state index is 0.0411. The summed E-state index contributed by atoms with van der Waals surface area (Å²) in [5.41, 5.74) is 1.65. The summed E-state index contributed by atoms with van der Waals surface area (Å²) in [6.45, 7) is 2.49. The molecule has 0 bridgehead atoms. The van der Waals surface area contributed by atoms with Crippen LogP contribution in [0.4, 0.5) is 17.6 Å². The highest BCUT2D eigenvalue weighted by atomic mass is 19.4. The van der Waals surface area contributed by atoms with Gasteiger partial charge in [-0.15, -0.1) is 0 Å². The molecule has 0 aliphatic rings. The Hall–Kier alpha value is -3.08. The maximum atomic E-state index is 14.6. The first-order valence-electron chi connectivity index (χ1n) is 9.68. The lowest BCUT2D eigenvalue weighted by molar-refractivity contribution is -0.150. The first-order valence-corrected chi connectivity index (χ1v) is 9.68. The van der Waals surface area contributed by atoms with Crippen molar-refractivity contribution in [2.24, 2.45) is 0 Å². The SMILES string of the molecule is CCOc1ccc(/C=C/c2ccc(C[C@H](c3ccccc3)C(F)(F)F)c(F)c2)cc1. The van der Waals surface area contributed by atoms with Gasteiger partial charge in [0.25, 0.3) is 0 Å². The van der Waals surface area contributed by atoms with Gasteiger partial charge in [-0.2, -0.15) is 13.2 Å². The molecule has 0 aromatic heterocycles. The smallest absolute Gasteiger partial charge is 0.396 e. The van der Waals surface area contributed by atoms with Gasteiger partial charge in [-0.3, -0.25) is 0 Å². The van der Waals surface area contributed by atoms with Crippen molar-refractivity contribution in [2.75, 3.05) is 6.61 Å². The summed E-state index contributed by atoms with van der Waals surface area (Å²) in [5.74, 6) is -1.63. The molecule has 0 aliphatic heterocycles. The fourth-order valence-corrected chi connectivity index (χ4v) is 3.19. The van der Waals surface area contributed by atoms with Gasteiger partial charge in [0.1, 0.15) is 11.6 Å². The van der Waals surface area contributed by atoms with Crippen molar-refractivity contribution in [2.45, 2.75) is 25.4 Å². The number of hydrogen-bond donors (Lipinski definition) is 0. The van der Waals surface area contributed by atoms with Gasteiger partial charge in [0, 0.05) is 0 Å². The molecule has 0 saturated carbocycles. The van der Waals surface area contributed by atoms with Crippen LogP contribution in [0.25, 0.3) is 12.2 Å². The van der Waals surface area contributed by atoms with E-state index in [0.717, 1.165) is 11.3 Å². The molecule has 0 fully saturated rings. The van der Waals surface area contributed by atoms with E-state index in [4.69, 9.17) is 4.74 Å². The zero-order valence-corrected chi connectivity index (χ0v) is 16.5. The van der Waals surface area contributed by atoms with Gasteiger partial charge >= 0.3 is 6.18 Å². The van der Waals surface area contributed by atoms with Crippen molar-refractivity contribution in [1.29, 1.82) is 0 Å². The third-order valence-electron chi connectivity index (χ3n) is 4.76. The second kappa shape index (κ2) is 9.61. The molecule has 0 heterocycles. The predicted molar refractivity (Wildman–Crippen MR) is 112 cm³/mol. The molecule has 0 saturated heterocycles. The first kappa shape index (κ1) is 21.6. The first-order chi connectivity index (χ1) is 14.4. The van der Waals surface area contributed by atoms with Gasteiger partial charge < -0.3 is 4.74 Å². The number of rotatable bonds is 7. The van der Waals surface area contributed by atoms with Gasteiger partial charge in [-0.25, -0.2) is 4.39 Å². The number of hydrogen-bond acceptors (Lipinski definition) is 1. The zero-order chi connectivity index (χ0) is 21.6. The molecular formula is C25H22F4O. The normalized spacial score (nSPS) is 12.8. The summed E-state index contributed by atoms with van der Waals surface area (Å²) in [6, 6.07) is 19.4. The second-order valence-electron chi connectivity index (χ2n) is 6.90.